The third-order valence-corrected chi connectivity index (χ3v) is 5.26. The van der Waals surface area contributed by atoms with Gasteiger partial charge in [0.15, 0.2) is 23.2 Å². The van der Waals surface area contributed by atoms with Crippen molar-refractivity contribution in [3.8, 4) is 5.75 Å². The summed E-state index contributed by atoms with van der Waals surface area (Å²) in [7, 11) is 1.67. The van der Waals surface area contributed by atoms with Crippen LogP contribution in [0.2, 0.25) is 5.02 Å². The van der Waals surface area contributed by atoms with E-state index in [0.29, 0.717) is 16.7 Å². The summed E-state index contributed by atoms with van der Waals surface area (Å²) in [6, 6.07) is 7.19. The zero-order chi connectivity index (χ0) is 22.0. The normalized spacial score (nSPS) is 13.7. The van der Waals surface area contributed by atoms with Gasteiger partial charge in [0.05, 0.1) is 11.7 Å². The Balaban J connectivity index is 0.00000289. The third kappa shape index (κ3) is 4.60. The van der Waals surface area contributed by atoms with Gasteiger partial charge in [-0.25, -0.2) is 9.97 Å². The van der Waals surface area contributed by atoms with Gasteiger partial charge in [-0.1, -0.05) is 17.7 Å². The molecule has 1 aliphatic rings. The average molecular weight is 442 g/mol. The standard InChI is InChI=1S/C22H22ClN5O3.H2/c1-13(29)12-31-19-10-15-9-16(3-4-18(15)28(2)22(19)30)26-21-17(23)11-25-20(27-21)14-5-7-24-8-6-14;/h3-5,9-11,24H,6-8,12H2,1-2H3,(H,25,26,27);1H. The van der Waals surface area contributed by atoms with Gasteiger partial charge in [0.1, 0.15) is 11.6 Å². The lowest BCUT2D eigenvalue weighted by Crippen LogP contribution is -2.21. The first-order chi connectivity index (χ1) is 14.9. The van der Waals surface area contributed by atoms with Gasteiger partial charge in [-0.2, -0.15) is 0 Å². The summed E-state index contributed by atoms with van der Waals surface area (Å²) in [6.45, 7) is 2.94. The van der Waals surface area contributed by atoms with E-state index in [-0.39, 0.29) is 25.1 Å². The second-order valence-electron chi connectivity index (χ2n) is 7.34. The topological polar surface area (TPSA) is 98.1 Å². The lowest BCUT2D eigenvalue weighted by Gasteiger charge is -2.15. The van der Waals surface area contributed by atoms with Crippen LogP contribution in [0.15, 0.2) is 41.3 Å². The molecular weight excluding hydrogens is 418 g/mol. The first-order valence-electron chi connectivity index (χ1n) is 9.88. The fraction of sp³-hybridized carbons (Fsp3) is 0.273. The first-order valence-corrected chi connectivity index (χ1v) is 10.3. The summed E-state index contributed by atoms with van der Waals surface area (Å²) in [4.78, 5) is 32.7. The molecule has 0 amide bonds. The average Bonchev–Trinajstić information content (AvgIpc) is 2.77. The number of aromatic nitrogens is 3. The number of ketones is 1. The Kier molecular flexibility index (Phi) is 6.01. The molecule has 3 heterocycles. The van der Waals surface area contributed by atoms with Crippen LogP contribution in [0.4, 0.5) is 11.5 Å². The molecule has 0 atom stereocenters. The number of anilines is 2. The maximum Gasteiger partial charge on any atom is 0.293 e. The Morgan fingerprint density at radius 2 is 2.23 bits per heavy atom. The number of ether oxygens (including phenoxy) is 1. The minimum Gasteiger partial charge on any atom is -0.480 e. The molecule has 162 valence electrons. The molecule has 3 aromatic rings. The Bertz CT molecular complexity index is 1260. The van der Waals surface area contributed by atoms with Crippen molar-refractivity contribution in [1.82, 2.24) is 19.9 Å². The van der Waals surface area contributed by atoms with Crippen LogP contribution < -0.4 is 20.9 Å². The van der Waals surface area contributed by atoms with Gasteiger partial charge < -0.3 is 19.9 Å². The molecule has 0 bridgehead atoms. The van der Waals surface area contributed by atoms with Gasteiger partial charge >= 0.3 is 0 Å². The van der Waals surface area contributed by atoms with E-state index in [9.17, 15) is 9.59 Å². The molecule has 4 rings (SSSR count). The summed E-state index contributed by atoms with van der Waals surface area (Å²) < 4.78 is 6.88. The Hall–Kier alpha value is -3.23. The van der Waals surface area contributed by atoms with Crippen molar-refractivity contribution in [1.29, 1.82) is 0 Å². The number of hydrogen-bond donors (Lipinski definition) is 2. The lowest BCUT2D eigenvalue weighted by atomic mass is 10.1. The van der Waals surface area contributed by atoms with E-state index in [0.717, 1.165) is 41.7 Å². The van der Waals surface area contributed by atoms with Crippen LogP contribution in [0.1, 0.15) is 20.6 Å². The van der Waals surface area contributed by atoms with Crippen molar-refractivity contribution in [2.24, 2.45) is 7.05 Å². The molecule has 0 unspecified atom stereocenters. The minimum absolute atomic E-state index is 0. The Morgan fingerprint density at radius 3 is 2.97 bits per heavy atom. The number of nitrogens with zero attached hydrogens (tertiary/aromatic N) is 3. The molecule has 0 spiro atoms. The molecule has 2 aromatic heterocycles. The van der Waals surface area contributed by atoms with E-state index in [1.165, 1.54) is 11.5 Å². The number of nitrogens with one attached hydrogen (secondary N) is 2. The van der Waals surface area contributed by atoms with E-state index in [4.69, 9.17) is 16.3 Å². The SMILES string of the molecule is CC(=O)COc1cc2cc(Nc3nc(C4=CCNCC4)ncc3Cl)ccc2n(C)c1=O.[HH]. The lowest BCUT2D eigenvalue weighted by molar-refractivity contribution is -0.118. The second kappa shape index (κ2) is 8.87. The van der Waals surface area contributed by atoms with Crippen LogP contribution in [-0.4, -0.2) is 40.0 Å². The number of pyridine rings is 1. The van der Waals surface area contributed by atoms with E-state index in [2.05, 4.69) is 26.7 Å². The highest BCUT2D eigenvalue weighted by atomic mass is 35.5. The number of hydrogen-bond acceptors (Lipinski definition) is 7. The number of rotatable bonds is 6. The molecule has 31 heavy (non-hydrogen) atoms. The maximum atomic E-state index is 12.5. The smallest absolute Gasteiger partial charge is 0.293 e. The van der Waals surface area contributed by atoms with Gasteiger partial charge in [0, 0.05) is 26.1 Å². The van der Waals surface area contributed by atoms with Gasteiger partial charge in [-0.05, 0) is 49.7 Å². The highest BCUT2D eigenvalue weighted by Gasteiger charge is 2.13. The van der Waals surface area contributed by atoms with Crippen molar-refractivity contribution in [3.05, 3.63) is 57.7 Å². The zero-order valence-electron chi connectivity index (χ0n) is 17.2. The predicted molar refractivity (Wildman–Crippen MR) is 123 cm³/mol. The van der Waals surface area contributed by atoms with Crippen LogP contribution in [0.5, 0.6) is 5.75 Å². The summed E-state index contributed by atoms with van der Waals surface area (Å²) in [5.41, 5.74) is 2.27. The number of carbonyl (C=O) groups excluding carboxylic acids is 1. The first kappa shape index (κ1) is 21.0. The molecule has 1 aliphatic heterocycles. The zero-order valence-corrected chi connectivity index (χ0v) is 18.0. The molecule has 0 aliphatic carbocycles. The van der Waals surface area contributed by atoms with E-state index in [1.54, 1.807) is 19.3 Å². The van der Waals surface area contributed by atoms with Crippen LogP contribution in [0, 0.1) is 0 Å². The molecule has 0 saturated heterocycles. The van der Waals surface area contributed by atoms with Crippen LogP contribution in [0.25, 0.3) is 16.5 Å². The number of benzene rings is 1. The fourth-order valence-electron chi connectivity index (χ4n) is 3.39. The number of Topliss-reactive ketones (excluding diaryl/α,β-unsaturated/α-hetero) is 1. The van der Waals surface area contributed by atoms with Gasteiger partial charge in [0.25, 0.3) is 5.56 Å². The Labute approximate surface area is 185 Å². The monoisotopic (exact) mass is 441 g/mol. The fourth-order valence-corrected chi connectivity index (χ4v) is 3.52. The maximum absolute atomic E-state index is 12.5. The third-order valence-electron chi connectivity index (χ3n) is 4.98. The number of halogens is 1. The largest absolute Gasteiger partial charge is 0.480 e. The quantitative estimate of drug-likeness (QED) is 0.605. The molecule has 0 radical (unpaired) electrons. The van der Waals surface area contributed by atoms with Crippen molar-refractivity contribution < 1.29 is 11.0 Å². The second-order valence-corrected chi connectivity index (χ2v) is 7.74. The van der Waals surface area contributed by atoms with Gasteiger partial charge in [0.2, 0.25) is 0 Å². The highest BCUT2D eigenvalue weighted by molar-refractivity contribution is 6.32. The molecule has 0 saturated carbocycles. The van der Waals surface area contributed by atoms with E-state index in [1.807, 2.05) is 18.2 Å². The van der Waals surface area contributed by atoms with Crippen molar-refractivity contribution in [3.63, 3.8) is 0 Å². The van der Waals surface area contributed by atoms with Crippen molar-refractivity contribution >= 4 is 45.4 Å². The molecule has 1 aromatic carbocycles. The predicted octanol–water partition coefficient (Wildman–Crippen LogP) is 3.32. The number of carbonyl (C=O) groups is 1. The van der Waals surface area contributed by atoms with E-state index >= 15 is 0 Å². The van der Waals surface area contributed by atoms with Crippen LogP contribution in [-0.2, 0) is 11.8 Å². The number of aryl methyl sites for hydroxylation is 1. The van der Waals surface area contributed by atoms with Crippen LogP contribution >= 0.6 is 11.6 Å². The molecular formula is C22H24ClN5O3. The van der Waals surface area contributed by atoms with Gasteiger partial charge in [-0.3, -0.25) is 9.59 Å². The summed E-state index contributed by atoms with van der Waals surface area (Å²) in [5.74, 6) is 1.12. The van der Waals surface area contributed by atoms with Crippen molar-refractivity contribution in [2.75, 3.05) is 25.0 Å². The van der Waals surface area contributed by atoms with Gasteiger partial charge in [-0.15, -0.1) is 0 Å². The summed E-state index contributed by atoms with van der Waals surface area (Å²) in [5, 5.41) is 7.69. The van der Waals surface area contributed by atoms with Crippen molar-refractivity contribution in [2.45, 2.75) is 13.3 Å². The molecule has 9 heteroatoms. The molecule has 8 nitrogen and oxygen atoms in total. The minimum atomic E-state index is -0.298. The van der Waals surface area contributed by atoms with Crippen LogP contribution in [0.3, 0.4) is 0 Å². The summed E-state index contributed by atoms with van der Waals surface area (Å²) >= 11 is 6.33. The molecule has 0 fully saturated rings. The van der Waals surface area contributed by atoms with E-state index < -0.39 is 0 Å². The summed E-state index contributed by atoms with van der Waals surface area (Å²) in [6.07, 6.45) is 4.53. The Morgan fingerprint density at radius 1 is 1.39 bits per heavy atom. The highest BCUT2D eigenvalue weighted by Crippen LogP contribution is 2.28. The number of fused-ring (bicyclic) bond motifs is 1. The molecule has 2 N–H and O–H groups in total.